The molecule has 1 aromatic carbocycles. The van der Waals surface area contributed by atoms with Crippen LogP contribution in [0.3, 0.4) is 0 Å². The molecule has 0 amide bonds. The van der Waals surface area contributed by atoms with Gasteiger partial charge in [-0.3, -0.25) is 14.3 Å². The minimum atomic E-state index is -0.908. The maximum Gasteiger partial charge on any atom is 0.329 e. The summed E-state index contributed by atoms with van der Waals surface area (Å²) in [7, 11) is 1.55. The van der Waals surface area contributed by atoms with Crippen LogP contribution in [0.5, 0.6) is 5.75 Å². The van der Waals surface area contributed by atoms with E-state index in [4.69, 9.17) is 16.3 Å². The third-order valence-electron chi connectivity index (χ3n) is 4.68. The lowest BCUT2D eigenvalue weighted by Crippen LogP contribution is -2.32. The number of aliphatic hydroxyl groups is 1. The fourth-order valence-electron chi connectivity index (χ4n) is 3.13. The highest BCUT2D eigenvalue weighted by Gasteiger charge is 2.22. The Morgan fingerprint density at radius 3 is 2.52 bits per heavy atom. The predicted molar refractivity (Wildman–Crippen MR) is 112 cm³/mol. The van der Waals surface area contributed by atoms with Crippen LogP contribution in [-0.4, -0.2) is 50.0 Å². The summed E-state index contributed by atoms with van der Waals surface area (Å²) < 4.78 is 8.54. The molecule has 1 unspecified atom stereocenters. The van der Waals surface area contributed by atoms with Gasteiger partial charge in [-0.2, -0.15) is 4.98 Å². The SMILES string of the molecule is CCN(CC)c1nc2c(c(=O)[nH]c(=O)n2C)n1CC(O)COc1ccc(Cl)cc1. The number of nitrogens with one attached hydrogen (secondary N) is 1. The maximum absolute atomic E-state index is 12.5. The average molecular weight is 422 g/mol. The fourth-order valence-corrected chi connectivity index (χ4v) is 3.26. The molecule has 2 aromatic heterocycles. The van der Waals surface area contributed by atoms with Crippen molar-refractivity contribution < 1.29 is 9.84 Å². The molecule has 10 heteroatoms. The Morgan fingerprint density at radius 1 is 1.24 bits per heavy atom. The molecule has 29 heavy (non-hydrogen) atoms. The van der Waals surface area contributed by atoms with Crippen LogP contribution >= 0.6 is 11.6 Å². The van der Waals surface area contributed by atoms with Crippen LogP contribution in [0.15, 0.2) is 33.9 Å². The van der Waals surface area contributed by atoms with Gasteiger partial charge in [0.05, 0.1) is 6.54 Å². The molecule has 3 aromatic rings. The van der Waals surface area contributed by atoms with Gasteiger partial charge in [-0.25, -0.2) is 4.79 Å². The molecule has 3 rings (SSSR count). The number of imidazole rings is 1. The number of nitrogens with zero attached hydrogens (tertiary/aromatic N) is 4. The topological polar surface area (TPSA) is 105 Å². The lowest BCUT2D eigenvalue weighted by molar-refractivity contribution is 0.0936. The summed E-state index contributed by atoms with van der Waals surface area (Å²) in [6, 6.07) is 6.82. The summed E-state index contributed by atoms with van der Waals surface area (Å²) in [5.74, 6) is 1.09. The monoisotopic (exact) mass is 421 g/mol. The van der Waals surface area contributed by atoms with Crippen LogP contribution in [0.2, 0.25) is 5.02 Å². The van der Waals surface area contributed by atoms with Crippen molar-refractivity contribution in [2.75, 3.05) is 24.6 Å². The quantitative estimate of drug-likeness (QED) is 0.569. The number of ether oxygens (including phenoxy) is 1. The Morgan fingerprint density at radius 2 is 1.90 bits per heavy atom. The van der Waals surface area contributed by atoms with Crippen molar-refractivity contribution in [1.29, 1.82) is 0 Å². The second-order valence-corrected chi connectivity index (χ2v) is 7.04. The number of hydrogen-bond donors (Lipinski definition) is 2. The molecular formula is C19H24ClN5O4. The second kappa shape index (κ2) is 8.71. The number of aryl methyl sites for hydroxylation is 1. The number of aromatic nitrogens is 4. The van der Waals surface area contributed by atoms with Gasteiger partial charge in [0.1, 0.15) is 18.5 Å². The Kier molecular flexibility index (Phi) is 6.29. The van der Waals surface area contributed by atoms with Crippen LogP contribution in [0.4, 0.5) is 5.95 Å². The molecule has 0 aliphatic heterocycles. The summed E-state index contributed by atoms with van der Waals surface area (Å²) in [6.45, 7) is 5.35. The lowest BCUT2D eigenvalue weighted by Gasteiger charge is -2.22. The average Bonchev–Trinajstić information content (AvgIpc) is 3.06. The van der Waals surface area contributed by atoms with Gasteiger partial charge in [0.2, 0.25) is 5.95 Å². The first-order valence-corrected chi connectivity index (χ1v) is 9.74. The van der Waals surface area contributed by atoms with Crippen molar-refractivity contribution in [1.82, 2.24) is 19.1 Å². The van der Waals surface area contributed by atoms with E-state index in [0.29, 0.717) is 29.8 Å². The van der Waals surface area contributed by atoms with Gasteiger partial charge in [-0.1, -0.05) is 11.6 Å². The molecule has 0 fully saturated rings. The lowest BCUT2D eigenvalue weighted by atomic mass is 10.3. The Balaban J connectivity index is 1.94. The zero-order valence-corrected chi connectivity index (χ0v) is 17.3. The van der Waals surface area contributed by atoms with Gasteiger partial charge in [-0.15, -0.1) is 0 Å². The van der Waals surface area contributed by atoms with Crippen molar-refractivity contribution in [3.63, 3.8) is 0 Å². The molecule has 0 aliphatic rings. The molecule has 156 valence electrons. The first-order chi connectivity index (χ1) is 13.8. The summed E-state index contributed by atoms with van der Waals surface area (Å²) in [4.78, 5) is 33.2. The number of aromatic amines is 1. The standard InChI is InChI=1S/C19H24ClN5O4/c1-4-24(5-2)18-21-16-15(17(27)22-19(28)23(16)3)25(18)10-13(26)11-29-14-8-6-12(20)7-9-14/h6-9,13,26H,4-5,10-11H2,1-3H3,(H,22,27,28). The number of halogens is 1. The molecule has 2 heterocycles. The largest absolute Gasteiger partial charge is 0.491 e. The van der Waals surface area contributed by atoms with Crippen LogP contribution < -0.4 is 20.9 Å². The van der Waals surface area contributed by atoms with E-state index in [1.54, 1.807) is 35.9 Å². The molecule has 0 spiro atoms. The molecule has 9 nitrogen and oxygen atoms in total. The Labute approximate surface area is 172 Å². The van der Waals surface area contributed by atoms with Gasteiger partial charge in [-0.05, 0) is 38.1 Å². The number of fused-ring (bicyclic) bond motifs is 1. The van der Waals surface area contributed by atoms with Gasteiger partial charge >= 0.3 is 5.69 Å². The molecule has 0 aliphatic carbocycles. The maximum atomic E-state index is 12.5. The van der Waals surface area contributed by atoms with E-state index in [2.05, 4.69) is 9.97 Å². The zero-order valence-electron chi connectivity index (χ0n) is 16.6. The number of rotatable bonds is 8. The third kappa shape index (κ3) is 4.30. The number of anilines is 1. The Hall–Kier alpha value is -2.78. The second-order valence-electron chi connectivity index (χ2n) is 6.60. The van der Waals surface area contributed by atoms with Crippen molar-refractivity contribution in [3.8, 4) is 5.75 Å². The van der Waals surface area contributed by atoms with E-state index in [0.717, 1.165) is 0 Å². The van der Waals surface area contributed by atoms with Crippen LogP contribution in [-0.2, 0) is 13.6 Å². The van der Waals surface area contributed by atoms with Crippen LogP contribution in [0, 0.1) is 0 Å². The first kappa shape index (κ1) is 20.9. The summed E-state index contributed by atoms with van der Waals surface area (Å²) in [5.41, 5.74) is -0.573. The number of benzene rings is 1. The van der Waals surface area contributed by atoms with E-state index in [1.807, 2.05) is 18.7 Å². The van der Waals surface area contributed by atoms with Gasteiger partial charge in [0.25, 0.3) is 5.56 Å². The summed E-state index contributed by atoms with van der Waals surface area (Å²) in [6.07, 6.45) is -0.908. The normalized spacial score (nSPS) is 12.3. The first-order valence-electron chi connectivity index (χ1n) is 9.36. The smallest absolute Gasteiger partial charge is 0.329 e. The Bertz CT molecular complexity index is 1100. The molecular weight excluding hydrogens is 398 g/mol. The minimum Gasteiger partial charge on any atom is -0.491 e. The predicted octanol–water partition coefficient (Wildman–Crippen LogP) is 1.36. The molecule has 0 saturated carbocycles. The molecule has 0 saturated heterocycles. The minimum absolute atomic E-state index is 0.0165. The molecule has 0 bridgehead atoms. The van der Waals surface area contributed by atoms with E-state index in [1.165, 1.54) is 4.57 Å². The summed E-state index contributed by atoms with van der Waals surface area (Å²) >= 11 is 5.86. The highest BCUT2D eigenvalue weighted by molar-refractivity contribution is 6.30. The van der Waals surface area contributed by atoms with Crippen molar-refractivity contribution in [3.05, 3.63) is 50.1 Å². The van der Waals surface area contributed by atoms with Crippen molar-refractivity contribution in [2.45, 2.75) is 26.5 Å². The zero-order chi connectivity index (χ0) is 21.1. The molecule has 1 atom stereocenters. The molecule has 2 N–H and O–H groups in total. The third-order valence-corrected chi connectivity index (χ3v) is 4.93. The van der Waals surface area contributed by atoms with Gasteiger partial charge < -0.3 is 19.3 Å². The van der Waals surface area contributed by atoms with E-state index >= 15 is 0 Å². The molecule has 0 radical (unpaired) electrons. The number of hydrogen-bond acceptors (Lipinski definition) is 6. The highest BCUT2D eigenvalue weighted by Crippen LogP contribution is 2.20. The van der Waals surface area contributed by atoms with E-state index < -0.39 is 17.4 Å². The van der Waals surface area contributed by atoms with Crippen LogP contribution in [0.1, 0.15) is 13.8 Å². The van der Waals surface area contributed by atoms with Crippen molar-refractivity contribution >= 4 is 28.7 Å². The van der Waals surface area contributed by atoms with Gasteiger partial charge in [0.15, 0.2) is 11.2 Å². The highest BCUT2D eigenvalue weighted by atomic mass is 35.5. The van der Waals surface area contributed by atoms with E-state index in [9.17, 15) is 14.7 Å². The van der Waals surface area contributed by atoms with E-state index in [-0.39, 0.29) is 24.3 Å². The van der Waals surface area contributed by atoms with Gasteiger partial charge in [0, 0.05) is 25.2 Å². The number of H-pyrrole nitrogens is 1. The van der Waals surface area contributed by atoms with Crippen molar-refractivity contribution in [2.24, 2.45) is 7.05 Å². The number of aliphatic hydroxyl groups excluding tert-OH is 1. The summed E-state index contributed by atoms with van der Waals surface area (Å²) in [5, 5.41) is 11.2. The fraction of sp³-hybridized carbons (Fsp3) is 0.421. The van der Waals surface area contributed by atoms with Crippen LogP contribution in [0.25, 0.3) is 11.2 Å².